The Hall–Kier alpha value is -1.55. The third-order valence-electron chi connectivity index (χ3n) is 2.72. The predicted molar refractivity (Wildman–Crippen MR) is 70.2 cm³/mol. The first kappa shape index (κ1) is 14.5. The molecule has 0 aliphatic rings. The third-order valence-corrected chi connectivity index (χ3v) is 2.72. The first-order valence-electron chi connectivity index (χ1n) is 5.93. The van der Waals surface area contributed by atoms with Crippen LogP contribution in [0.25, 0.3) is 0 Å². The lowest BCUT2D eigenvalue weighted by Gasteiger charge is -2.29. The quantitative estimate of drug-likeness (QED) is 0.804. The van der Waals surface area contributed by atoms with Gasteiger partial charge in [0.1, 0.15) is 11.8 Å². The number of ether oxygens (including phenoxy) is 1. The third kappa shape index (κ3) is 4.04. The average Bonchev–Trinajstić information content (AvgIpc) is 2.27. The highest BCUT2D eigenvalue weighted by Gasteiger charge is 2.31. The van der Waals surface area contributed by atoms with Gasteiger partial charge in [0.2, 0.25) is 0 Å². The van der Waals surface area contributed by atoms with Gasteiger partial charge in [-0.2, -0.15) is 0 Å². The fraction of sp³-hybridized carbons (Fsp3) is 0.500. The summed E-state index contributed by atoms with van der Waals surface area (Å²) in [5.41, 5.74) is 0.692. The van der Waals surface area contributed by atoms with Crippen LogP contribution in [-0.4, -0.2) is 24.2 Å². The molecule has 0 radical (unpaired) electrons. The first-order chi connectivity index (χ1) is 8.34. The monoisotopic (exact) mass is 251 g/mol. The van der Waals surface area contributed by atoms with Crippen LogP contribution in [0, 0.1) is 5.41 Å². The Morgan fingerprint density at radius 1 is 1.44 bits per heavy atom. The van der Waals surface area contributed by atoms with Crippen LogP contribution in [0.5, 0.6) is 5.75 Å². The van der Waals surface area contributed by atoms with Crippen molar-refractivity contribution in [1.82, 2.24) is 5.32 Å². The molecule has 2 N–H and O–H groups in total. The van der Waals surface area contributed by atoms with Crippen LogP contribution in [0.3, 0.4) is 0 Å². The lowest BCUT2D eigenvalue weighted by atomic mass is 9.86. The number of methoxy groups -OCH3 is 1. The van der Waals surface area contributed by atoms with Gasteiger partial charge in [-0.15, -0.1) is 0 Å². The van der Waals surface area contributed by atoms with Crippen LogP contribution < -0.4 is 5.32 Å². The van der Waals surface area contributed by atoms with E-state index in [1.54, 1.807) is 18.2 Å². The minimum atomic E-state index is -0.384. The molecule has 18 heavy (non-hydrogen) atoms. The van der Waals surface area contributed by atoms with E-state index in [0.29, 0.717) is 6.54 Å². The number of benzene rings is 1. The number of esters is 1. The molecule has 100 valence electrons. The van der Waals surface area contributed by atoms with E-state index >= 15 is 0 Å². The Kier molecular flexibility index (Phi) is 4.73. The van der Waals surface area contributed by atoms with Crippen molar-refractivity contribution in [3.63, 3.8) is 0 Å². The van der Waals surface area contributed by atoms with Crippen LogP contribution >= 0.6 is 0 Å². The van der Waals surface area contributed by atoms with E-state index in [0.717, 1.165) is 5.56 Å². The number of rotatable bonds is 4. The van der Waals surface area contributed by atoms with E-state index in [4.69, 9.17) is 4.74 Å². The van der Waals surface area contributed by atoms with Crippen molar-refractivity contribution in [1.29, 1.82) is 0 Å². The van der Waals surface area contributed by atoms with Gasteiger partial charge < -0.3 is 9.84 Å². The summed E-state index contributed by atoms with van der Waals surface area (Å²) in [4.78, 5) is 11.7. The van der Waals surface area contributed by atoms with Crippen molar-refractivity contribution >= 4 is 5.97 Å². The summed E-state index contributed by atoms with van der Waals surface area (Å²) < 4.78 is 4.80. The Morgan fingerprint density at radius 3 is 2.61 bits per heavy atom. The van der Waals surface area contributed by atoms with Crippen LogP contribution in [0.2, 0.25) is 0 Å². The maximum Gasteiger partial charge on any atom is 0.323 e. The van der Waals surface area contributed by atoms with E-state index in [2.05, 4.69) is 5.32 Å². The highest BCUT2D eigenvalue weighted by molar-refractivity contribution is 5.76. The van der Waals surface area contributed by atoms with E-state index in [1.807, 2.05) is 26.8 Å². The zero-order valence-electron chi connectivity index (χ0n) is 11.4. The SMILES string of the molecule is COC(=O)C(NCc1cccc(O)c1)C(C)(C)C. The normalized spacial score (nSPS) is 13.1. The molecular formula is C14H21NO3. The molecule has 1 aromatic carbocycles. The number of carbonyl (C=O) groups is 1. The molecule has 1 aromatic rings. The molecule has 1 rings (SSSR count). The van der Waals surface area contributed by atoms with Gasteiger partial charge in [0.15, 0.2) is 0 Å². The van der Waals surface area contributed by atoms with Gasteiger partial charge in [0.05, 0.1) is 7.11 Å². The summed E-state index contributed by atoms with van der Waals surface area (Å²) >= 11 is 0. The van der Waals surface area contributed by atoms with Crippen molar-refractivity contribution < 1.29 is 14.6 Å². The Balaban J connectivity index is 2.71. The molecule has 0 heterocycles. The van der Waals surface area contributed by atoms with Crippen molar-refractivity contribution in [2.75, 3.05) is 7.11 Å². The average molecular weight is 251 g/mol. The summed E-state index contributed by atoms with van der Waals surface area (Å²) in [5, 5.41) is 12.5. The summed E-state index contributed by atoms with van der Waals surface area (Å²) in [6.07, 6.45) is 0. The standard InChI is InChI=1S/C14H21NO3/c1-14(2,3)12(13(17)18-4)15-9-10-6-5-7-11(16)8-10/h5-8,12,15-16H,9H2,1-4H3. The van der Waals surface area contributed by atoms with Crippen LogP contribution in [-0.2, 0) is 16.1 Å². The fourth-order valence-corrected chi connectivity index (χ4v) is 1.75. The Bertz CT molecular complexity index is 410. The number of phenolic OH excluding ortho intramolecular Hbond substituents is 1. The van der Waals surface area contributed by atoms with Crippen LogP contribution in [0.4, 0.5) is 0 Å². The molecule has 4 nitrogen and oxygen atoms in total. The molecule has 0 aromatic heterocycles. The van der Waals surface area contributed by atoms with Gasteiger partial charge in [-0.3, -0.25) is 10.1 Å². The second kappa shape index (κ2) is 5.87. The van der Waals surface area contributed by atoms with E-state index in [1.165, 1.54) is 7.11 Å². The molecule has 0 saturated heterocycles. The Morgan fingerprint density at radius 2 is 2.11 bits per heavy atom. The van der Waals surface area contributed by atoms with Crippen LogP contribution in [0.15, 0.2) is 24.3 Å². The smallest absolute Gasteiger partial charge is 0.323 e. The Labute approximate surface area is 108 Å². The fourth-order valence-electron chi connectivity index (χ4n) is 1.75. The molecule has 1 unspecified atom stereocenters. The van der Waals surface area contributed by atoms with Gasteiger partial charge in [0, 0.05) is 6.54 Å². The maximum absolute atomic E-state index is 11.7. The largest absolute Gasteiger partial charge is 0.508 e. The molecule has 0 spiro atoms. The molecule has 0 aliphatic heterocycles. The minimum Gasteiger partial charge on any atom is -0.508 e. The number of nitrogens with one attached hydrogen (secondary N) is 1. The van der Waals surface area contributed by atoms with Crippen molar-refractivity contribution in [3.8, 4) is 5.75 Å². The van der Waals surface area contributed by atoms with Gasteiger partial charge >= 0.3 is 5.97 Å². The van der Waals surface area contributed by atoms with Gasteiger partial charge in [-0.25, -0.2) is 0 Å². The van der Waals surface area contributed by atoms with Gasteiger partial charge in [-0.1, -0.05) is 32.9 Å². The van der Waals surface area contributed by atoms with E-state index in [-0.39, 0.29) is 23.2 Å². The zero-order chi connectivity index (χ0) is 13.8. The summed E-state index contributed by atoms with van der Waals surface area (Å²) in [6.45, 7) is 6.43. The number of carbonyl (C=O) groups excluding carboxylic acids is 1. The number of hydrogen-bond acceptors (Lipinski definition) is 4. The molecule has 0 amide bonds. The lowest BCUT2D eigenvalue weighted by molar-refractivity contribution is -0.146. The van der Waals surface area contributed by atoms with Crippen LogP contribution in [0.1, 0.15) is 26.3 Å². The highest BCUT2D eigenvalue weighted by atomic mass is 16.5. The van der Waals surface area contributed by atoms with Crippen molar-refractivity contribution in [2.45, 2.75) is 33.4 Å². The highest BCUT2D eigenvalue weighted by Crippen LogP contribution is 2.21. The second-order valence-corrected chi connectivity index (χ2v) is 5.37. The van der Waals surface area contributed by atoms with Gasteiger partial charge in [-0.05, 0) is 23.1 Å². The number of phenols is 1. The molecule has 4 heteroatoms. The zero-order valence-corrected chi connectivity index (χ0v) is 11.4. The minimum absolute atomic E-state index is 0.222. The molecule has 0 aliphatic carbocycles. The molecular weight excluding hydrogens is 230 g/mol. The lowest BCUT2D eigenvalue weighted by Crippen LogP contribution is -2.46. The molecule has 0 saturated carbocycles. The number of aromatic hydroxyl groups is 1. The topological polar surface area (TPSA) is 58.6 Å². The predicted octanol–water partition coefficient (Wildman–Crippen LogP) is 2.07. The van der Waals surface area contributed by atoms with E-state index < -0.39 is 0 Å². The summed E-state index contributed by atoms with van der Waals surface area (Å²) in [5.74, 6) is -0.0534. The summed E-state index contributed by atoms with van der Waals surface area (Å²) in [6, 6.07) is 6.57. The first-order valence-corrected chi connectivity index (χ1v) is 5.93. The molecule has 0 fully saturated rings. The molecule has 0 bridgehead atoms. The number of hydrogen-bond donors (Lipinski definition) is 2. The summed E-state index contributed by atoms with van der Waals surface area (Å²) in [7, 11) is 1.39. The van der Waals surface area contributed by atoms with Crippen molar-refractivity contribution in [3.05, 3.63) is 29.8 Å². The van der Waals surface area contributed by atoms with E-state index in [9.17, 15) is 9.90 Å². The van der Waals surface area contributed by atoms with Crippen molar-refractivity contribution in [2.24, 2.45) is 5.41 Å². The second-order valence-electron chi connectivity index (χ2n) is 5.37. The van der Waals surface area contributed by atoms with Gasteiger partial charge in [0.25, 0.3) is 0 Å². The maximum atomic E-state index is 11.7. The molecule has 1 atom stereocenters.